The molecule has 0 fully saturated rings. The van der Waals surface area contributed by atoms with Gasteiger partial charge in [0.25, 0.3) is 0 Å². The maximum absolute atomic E-state index is 13.0. The van der Waals surface area contributed by atoms with E-state index in [1.807, 2.05) is 42.1 Å². The molecule has 0 aliphatic rings. The molecule has 0 unspecified atom stereocenters. The number of anilines is 2. The SMILES string of the molecule is Cn1ccc2ccc(-c3nc(N)nc(NC(C)(C)c4nn(C(F)F)cc4Cl)n3)cc21. The van der Waals surface area contributed by atoms with Crippen LogP contribution < -0.4 is 11.1 Å². The largest absolute Gasteiger partial charge is 0.368 e. The van der Waals surface area contributed by atoms with Crippen LogP contribution in [0, 0.1) is 0 Å². The van der Waals surface area contributed by atoms with Crippen molar-refractivity contribution in [2.45, 2.75) is 25.9 Å². The molecule has 4 aromatic rings. The first kappa shape index (κ1) is 20.0. The fourth-order valence-corrected chi connectivity index (χ4v) is 3.58. The second-order valence-corrected chi connectivity index (χ2v) is 7.78. The fourth-order valence-electron chi connectivity index (χ4n) is 3.21. The molecule has 30 heavy (non-hydrogen) atoms. The van der Waals surface area contributed by atoms with Gasteiger partial charge in [0, 0.05) is 30.5 Å². The van der Waals surface area contributed by atoms with Gasteiger partial charge in [0.15, 0.2) is 5.82 Å². The van der Waals surface area contributed by atoms with Crippen molar-refractivity contribution in [2.24, 2.45) is 7.05 Å². The maximum atomic E-state index is 13.0. The van der Waals surface area contributed by atoms with Gasteiger partial charge in [-0.25, -0.2) is 4.68 Å². The third kappa shape index (κ3) is 3.65. The molecule has 0 atom stereocenters. The molecule has 1 aromatic carbocycles. The second-order valence-electron chi connectivity index (χ2n) is 7.37. The van der Waals surface area contributed by atoms with Crippen molar-refractivity contribution in [3.63, 3.8) is 0 Å². The van der Waals surface area contributed by atoms with Crippen LogP contribution in [0.25, 0.3) is 22.3 Å². The van der Waals surface area contributed by atoms with E-state index in [9.17, 15) is 8.78 Å². The van der Waals surface area contributed by atoms with Gasteiger partial charge in [0.1, 0.15) is 5.69 Å². The summed E-state index contributed by atoms with van der Waals surface area (Å²) < 4.78 is 28.4. The lowest BCUT2D eigenvalue weighted by molar-refractivity contribution is 0.0558. The van der Waals surface area contributed by atoms with Gasteiger partial charge >= 0.3 is 6.55 Å². The standard InChI is InChI=1S/C19H19ClF2N8/c1-19(2,14-12(20)9-30(28-14)16(21)22)27-18-25-15(24-17(23)26-18)11-5-4-10-6-7-29(3)13(10)8-11/h4-9,16H,1-3H3,(H3,23,24,25,26,27). The minimum Gasteiger partial charge on any atom is -0.368 e. The number of nitrogens with one attached hydrogen (secondary N) is 1. The molecule has 0 saturated heterocycles. The normalized spacial score (nSPS) is 12.1. The Balaban J connectivity index is 1.70. The summed E-state index contributed by atoms with van der Waals surface area (Å²) >= 11 is 6.12. The third-order valence-corrected chi connectivity index (χ3v) is 4.98. The molecular formula is C19H19ClF2N8. The average Bonchev–Trinajstić information content (AvgIpc) is 3.24. The molecule has 3 N–H and O–H groups in total. The van der Waals surface area contributed by atoms with Gasteiger partial charge in [-0.1, -0.05) is 23.7 Å². The van der Waals surface area contributed by atoms with Gasteiger partial charge in [0.05, 0.1) is 10.6 Å². The Hall–Kier alpha value is -3.27. The minimum absolute atomic E-state index is 0.0227. The first-order valence-corrected chi connectivity index (χ1v) is 9.40. The monoisotopic (exact) mass is 432 g/mol. The molecular weight excluding hydrogens is 414 g/mol. The predicted molar refractivity (Wildman–Crippen MR) is 111 cm³/mol. The van der Waals surface area contributed by atoms with Crippen molar-refractivity contribution in [1.82, 2.24) is 29.3 Å². The van der Waals surface area contributed by atoms with Gasteiger partial charge in [-0.2, -0.15) is 28.8 Å². The Kier molecular flexibility index (Phi) is 4.81. The number of fused-ring (bicyclic) bond motifs is 1. The zero-order chi connectivity index (χ0) is 21.6. The van der Waals surface area contributed by atoms with Crippen LogP contribution in [-0.4, -0.2) is 29.3 Å². The van der Waals surface area contributed by atoms with Crippen LogP contribution in [0.1, 0.15) is 26.1 Å². The van der Waals surface area contributed by atoms with Gasteiger partial charge in [-0.3, -0.25) is 0 Å². The van der Waals surface area contributed by atoms with Gasteiger partial charge in [-0.15, -0.1) is 0 Å². The maximum Gasteiger partial charge on any atom is 0.333 e. The number of rotatable bonds is 5. The molecule has 0 aliphatic carbocycles. The molecule has 0 radical (unpaired) electrons. The quantitative estimate of drug-likeness (QED) is 0.490. The number of aryl methyl sites for hydroxylation is 1. The number of halogens is 3. The van der Waals surface area contributed by atoms with E-state index in [0.717, 1.165) is 22.7 Å². The Labute approximate surface area is 175 Å². The third-order valence-electron chi connectivity index (χ3n) is 4.70. The molecule has 3 heterocycles. The summed E-state index contributed by atoms with van der Waals surface area (Å²) in [6.45, 7) is 0.665. The van der Waals surface area contributed by atoms with E-state index in [1.165, 1.54) is 0 Å². The van der Waals surface area contributed by atoms with E-state index >= 15 is 0 Å². The van der Waals surface area contributed by atoms with E-state index in [2.05, 4.69) is 25.4 Å². The van der Waals surface area contributed by atoms with E-state index in [-0.39, 0.29) is 22.6 Å². The second kappa shape index (κ2) is 7.21. The van der Waals surface area contributed by atoms with Crippen LogP contribution >= 0.6 is 11.6 Å². The number of benzene rings is 1. The van der Waals surface area contributed by atoms with Crippen molar-refractivity contribution >= 4 is 34.4 Å². The van der Waals surface area contributed by atoms with E-state index in [4.69, 9.17) is 17.3 Å². The Morgan fingerprint density at radius 3 is 2.63 bits per heavy atom. The molecule has 11 heteroatoms. The fraction of sp³-hybridized carbons (Fsp3) is 0.263. The highest BCUT2D eigenvalue weighted by atomic mass is 35.5. The molecule has 0 aliphatic heterocycles. The zero-order valence-electron chi connectivity index (χ0n) is 16.4. The molecule has 156 valence electrons. The average molecular weight is 433 g/mol. The van der Waals surface area contributed by atoms with Gasteiger partial charge in [-0.05, 0) is 31.4 Å². The minimum atomic E-state index is -2.79. The first-order chi connectivity index (χ1) is 14.1. The van der Waals surface area contributed by atoms with Crippen molar-refractivity contribution in [3.05, 3.63) is 47.4 Å². The van der Waals surface area contributed by atoms with Crippen molar-refractivity contribution < 1.29 is 8.78 Å². The van der Waals surface area contributed by atoms with Crippen LogP contribution in [0.2, 0.25) is 5.02 Å². The summed E-state index contributed by atoms with van der Waals surface area (Å²) in [6.07, 6.45) is 3.04. The Morgan fingerprint density at radius 2 is 1.93 bits per heavy atom. The molecule has 0 amide bonds. The van der Waals surface area contributed by atoms with Gasteiger partial charge in [0.2, 0.25) is 11.9 Å². The lowest BCUT2D eigenvalue weighted by Gasteiger charge is -2.25. The lowest BCUT2D eigenvalue weighted by Crippen LogP contribution is -2.30. The molecule has 8 nitrogen and oxygen atoms in total. The van der Waals surface area contributed by atoms with Crippen LogP contribution in [-0.2, 0) is 12.6 Å². The summed E-state index contributed by atoms with van der Waals surface area (Å²) in [6, 6.07) is 7.84. The highest BCUT2D eigenvalue weighted by Crippen LogP contribution is 2.31. The molecule has 0 bridgehead atoms. The molecule has 0 saturated carbocycles. The summed E-state index contributed by atoms with van der Waals surface area (Å²) in [5, 5.41) is 8.15. The number of alkyl halides is 2. The van der Waals surface area contributed by atoms with E-state index < -0.39 is 12.1 Å². The topological polar surface area (TPSA) is 99.5 Å². The summed E-state index contributed by atoms with van der Waals surface area (Å²) in [7, 11) is 1.95. The van der Waals surface area contributed by atoms with E-state index in [1.54, 1.807) is 13.8 Å². The first-order valence-electron chi connectivity index (χ1n) is 9.02. The van der Waals surface area contributed by atoms with Crippen LogP contribution in [0.15, 0.2) is 36.7 Å². The van der Waals surface area contributed by atoms with Crippen LogP contribution in [0.4, 0.5) is 20.7 Å². The van der Waals surface area contributed by atoms with E-state index in [0.29, 0.717) is 10.5 Å². The van der Waals surface area contributed by atoms with Crippen LogP contribution in [0.5, 0.6) is 0 Å². The molecule has 3 aromatic heterocycles. The highest BCUT2D eigenvalue weighted by Gasteiger charge is 2.29. The lowest BCUT2D eigenvalue weighted by atomic mass is 10.0. The number of hydrogen-bond acceptors (Lipinski definition) is 6. The molecule has 4 rings (SSSR count). The summed E-state index contributed by atoms with van der Waals surface area (Å²) in [5.41, 5.74) is 6.96. The van der Waals surface area contributed by atoms with Gasteiger partial charge < -0.3 is 15.6 Å². The predicted octanol–water partition coefficient (Wildman–Crippen LogP) is 4.20. The number of nitrogens with two attached hydrogens (primary N) is 1. The van der Waals surface area contributed by atoms with Crippen molar-refractivity contribution in [1.29, 1.82) is 0 Å². The highest BCUT2D eigenvalue weighted by molar-refractivity contribution is 6.31. The Bertz CT molecular complexity index is 1230. The smallest absolute Gasteiger partial charge is 0.333 e. The molecule has 0 spiro atoms. The van der Waals surface area contributed by atoms with Crippen molar-refractivity contribution in [2.75, 3.05) is 11.1 Å². The van der Waals surface area contributed by atoms with Crippen molar-refractivity contribution in [3.8, 4) is 11.4 Å². The Morgan fingerprint density at radius 1 is 1.17 bits per heavy atom. The number of aromatic nitrogens is 6. The van der Waals surface area contributed by atoms with Crippen LogP contribution in [0.3, 0.4) is 0 Å². The number of nitrogen functional groups attached to an aromatic ring is 1. The zero-order valence-corrected chi connectivity index (χ0v) is 17.2. The number of hydrogen-bond donors (Lipinski definition) is 2. The summed E-state index contributed by atoms with van der Waals surface area (Å²) in [5.74, 6) is 0.583. The number of nitrogens with zero attached hydrogens (tertiary/aromatic N) is 6. The summed E-state index contributed by atoms with van der Waals surface area (Å²) in [4.78, 5) is 12.8.